The number of hydrogen-bond acceptors (Lipinski definition) is 5. The number of rotatable bonds is 7. The fourth-order valence-electron chi connectivity index (χ4n) is 4.74. The van der Waals surface area contributed by atoms with E-state index in [0.29, 0.717) is 12.4 Å². The largest absolute Gasteiger partial charge is 0.487 e. The van der Waals surface area contributed by atoms with Gasteiger partial charge in [-0.3, -0.25) is 9.59 Å². The smallest absolute Gasteiger partial charge is 0.308 e. The van der Waals surface area contributed by atoms with Gasteiger partial charge in [0, 0.05) is 31.2 Å². The lowest BCUT2D eigenvalue weighted by Gasteiger charge is -2.46. The van der Waals surface area contributed by atoms with Gasteiger partial charge in [-0.2, -0.15) is 0 Å². The number of carbonyl (C=O) groups is 2. The zero-order valence-corrected chi connectivity index (χ0v) is 18.9. The summed E-state index contributed by atoms with van der Waals surface area (Å²) in [6.45, 7) is 9.63. The molecule has 1 aliphatic carbocycles. The maximum Gasteiger partial charge on any atom is 0.308 e. The lowest BCUT2D eigenvalue weighted by Crippen LogP contribution is -2.45. The number of benzene rings is 1. The van der Waals surface area contributed by atoms with E-state index in [0.717, 1.165) is 54.6 Å². The van der Waals surface area contributed by atoms with Gasteiger partial charge < -0.3 is 14.2 Å². The number of aryl methyl sites for hydroxylation is 1. The van der Waals surface area contributed by atoms with Crippen LogP contribution < -0.4 is 9.47 Å². The number of carbonyl (C=O) groups excluding carboxylic acids is 2. The first-order valence-electron chi connectivity index (χ1n) is 11.1. The van der Waals surface area contributed by atoms with Crippen molar-refractivity contribution in [1.29, 1.82) is 0 Å². The summed E-state index contributed by atoms with van der Waals surface area (Å²) in [5.41, 5.74) is 2.84. The zero-order chi connectivity index (χ0) is 21.9. The summed E-state index contributed by atoms with van der Waals surface area (Å²) in [5, 5.41) is 0. The Morgan fingerprint density at radius 3 is 2.60 bits per heavy atom. The Kier molecular flexibility index (Phi) is 6.89. The van der Waals surface area contributed by atoms with Gasteiger partial charge in [-0.1, -0.05) is 25.8 Å². The maximum absolute atomic E-state index is 11.9. The Balaban J connectivity index is 2.03. The van der Waals surface area contributed by atoms with E-state index in [-0.39, 0.29) is 29.4 Å². The Labute approximate surface area is 179 Å². The number of unbranched alkanes of at least 4 members (excludes halogenated alkanes) is 2. The molecule has 1 heterocycles. The monoisotopic (exact) mass is 414 g/mol. The van der Waals surface area contributed by atoms with Crippen molar-refractivity contribution in [3.05, 3.63) is 34.9 Å². The van der Waals surface area contributed by atoms with Crippen molar-refractivity contribution in [3.63, 3.8) is 0 Å². The lowest BCUT2D eigenvalue weighted by molar-refractivity contribution is -0.140. The number of hydrogen-bond donors (Lipinski definition) is 0. The molecule has 5 nitrogen and oxygen atoms in total. The van der Waals surface area contributed by atoms with Crippen LogP contribution in [0.3, 0.4) is 0 Å². The van der Waals surface area contributed by atoms with E-state index in [2.05, 4.69) is 32.9 Å². The molecule has 0 N–H and O–H groups in total. The molecule has 0 aromatic heterocycles. The molecule has 164 valence electrons. The molecule has 0 fully saturated rings. The normalized spacial score (nSPS) is 21.6. The molecule has 0 spiro atoms. The van der Waals surface area contributed by atoms with Crippen molar-refractivity contribution in [2.24, 2.45) is 5.92 Å². The van der Waals surface area contributed by atoms with Crippen LogP contribution in [0.4, 0.5) is 0 Å². The summed E-state index contributed by atoms with van der Waals surface area (Å²) in [6, 6.07) is 4.12. The van der Waals surface area contributed by atoms with Gasteiger partial charge in [0.25, 0.3) is 0 Å². The second-order valence-corrected chi connectivity index (χ2v) is 9.04. The second-order valence-electron chi connectivity index (χ2n) is 9.04. The van der Waals surface area contributed by atoms with Crippen molar-refractivity contribution >= 4 is 11.9 Å². The average molecular weight is 415 g/mol. The average Bonchev–Trinajstić information content (AvgIpc) is 2.65. The van der Waals surface area contributed by atoms with Crippen LogP contribution in [0.2, 0.25) is 0 Å². The van der Waals surface area contributed by atoms with Crippen molar-refractivity contribution in [2.75, 3.05) is 6.61 Å². The van der Waals surface area contributed by atoms with Crippen LogP contribution in [0, 0.1) is 5.92 Å². The van der Waals surface area contributed by atoms with E-state index in [1.54, 1.807) is 0 Å². The van der Waals surface area contributed by atoms with E-state index >= 15 is 0 Å². The second kappa shape index (κ2) is 9.23. The molecule has 0 saturated carbocycles. The van der Waals surface area contributed by atoms with E-state index in [1.807, 2.05) is 6.07 Å². The number of esters is 2. The highest BCUT2D eigenvalue weighted by Crippen LogP contribution is 2.53. The van der Waals surface area contributed by atoms with E-state index in [1.165, 1.54) is 20.3 Å². The van der Waals surface area contributed by atoms with Gasteiger partial charge in [0.1, 0.15) is 23.7 Å². The Morgan fingerprint density at radius 1 is 1.17 bits per heavy atom. The Hall–Kier alpha value is -2.30. The molecule has 2 aliphatic rings. The fraction of sp³-hybridized carbons (Fsp3) is 0.600. The predicted octanol–water partition coefficient (Wildman–Crippen LogP) is 5.50. The quantitative estimate of drug-likeness (QED) is 0.255. The SMILES string of the molecule is CCCCCc1cc(OC(C)=O)c2c(c1)OC(C)(C)[C@@H]1CCC(COC(C)=O)=CC21. The van der Waals surface area contributed by atoms with Gasteiger partial charge >= 0.3 is 11.9 Å². The van der Waals surface area contributed by atoms with Gasteiger partial charge in [-0.15, -0.1) is 0 Å². The molecular weight excluding hydrogens is 380 g/mol. The summed E-state index contributed by atoms with van der Waals surface area (Å²) in [7, 11) is 0. The molecule has 5 heteroatoms. The number of allylic oxidation sites excluding steroid dienone is 1. The first-order chi connectivity index (χ1) is 14.2. The van der Waals surface area contributed by atoms with Crippen LogP contribution in [0.5, 0.6) is 11.5 Å². The minimum absolute atomic E-state index is 0.0575. The first-order valence-corrected chi connectivity index (χ1v) is 11.1. The molecule has 1 aromatic carbocycles. The third kappa shape index (κ3) is 5.05. The molecule has 1 aromatic rings. The predicted molar refractivity (Wildman–Crippen MR) is 116 cm³/mol. The number of fused-ring (bicyclic) bond motifs is 3. The zero-order valence-electron chi connectivity index (χ0n) is 18.9. The van der Waals surface area contributed by atoms with Crippen molar-refractivity contribution in [2.45, 2.75) is 84.7 Å². The molecule has 0 amide bonds. The summed E-state index contributed by atoms with van der Waals surface area (Å²) < 4.78 is 17.4. The van der Waals surface area contributed by atoms with Crippen LogP contribution >= 0.6 is 0 Å². The topological polar surface area (TPSA) is 61.8 Å². The molecule has 1 unspecified atom stereocenters. The maximum atomic E-state index is 11.9. The first kappa shape index (κ1) is 22.4. The van der Waals surface area contributed by atoms with E-state index in [9.17, 15) is 9.59 Å². The molecule has 0 bridgehead atoms. The molecular formula is C25H34O5. The molecule has 2 atom stereocenters. The third-order valence-electron chi connectivity index (χ3n) is 6.17. The molecule has 30 heavy (non-hydrogen) atoms. The minimum atomic E-state index is -0.337. The van der Waals surface area contributed by atoms with Crippen molar-refractivity contribution < 1.29 is 23.8 Å². The highest BCUT2D eigenvalue weighted by molar-refractivity contribution is 5.71. The highest BCUT2D eigenvalue weighted by atomic mass is 16.5. The van der Waals surface area contributed by atoms with Crippen LogP contribution in [0.25, 0.3) is 0 Å². The molecule has 0 radical (unpaired) electrons. The Morgan fingerprint density at radius 2 is 1.93 bits per heavy atom. The van der Waals surface area contributed by atoms with Gasteiger partial charge in [-0.05, 0) is 62.8 Å². The minimum Gasteiger partial charge on any atom is -0.487 e. The third-order valence-corrected chi connectivity index (χ3v) is 6.17. The number of ether oxygens (including phenoxy) is 3. The van der Waals surface area contributed by atoms with Crippen molar-refractivity contribution in [1.82, 2.24) is 0 Å². The summed E-state index contributed by atoms with van der Waals surface area (Å²) in [5.74, 6) is 1.11. The van der Waals surface area contributed by atoms with Crippen LogP contribution in [-0.4, -0.2) is 24.1 Å². The molecule has 3 rings (SSSR count). The summed E-state index contributed by atoms with van der Waals surface area (Å²) >= 11 is 0. The van der Waals surface area contributed by atoms with Crippen molar-refractivity contribution in [3.8, 4) is 11.5 Å². The van der Waals surface area contributed by atoms with Crippen LogP contribution in [-0.2, 0) is 20.7 Å². The lowest BCUT2D eigenvalue weighted by atomic mass is 9.67. The highest BCUT2D eigenvalue weighted by Gasteiger charge is 2.46. The summed E-state index contributed by atoms with van der Waals surface area (Å²) in [6.07, 6.45) is 8.35. The molecule has 1 aliphatic heterocycles. The van der Waals surface area contributed by atoms with Gasteiger partial charge in [0.2, 0.25) is 0 Å². The van der Waals surface area contributed by atoms with Gasteiger partial charge in [0.05, 0.1) is 0 Å². The van der Waals surface area contributed by atoms with Crippen LogP contribution in [0.1, 0.15) is 83.8 Å². The van der Waals surface area contributed by atoms with E-state index in [4.69, 9.17) is 14.2 Å². The summed E-state index contributed by atoms with van der Waals surface area (Å²) in [4.78, 5) is 23.1. The van der Waals surface area contributed by atoms with Gasteiger partial charge in [0.15, 0.2) is 0 Å². The standard InChI is InChI=1S/C25H34O5/c1-6-7-8-9-18-13-22(29-17(3)27)24-20-12-19(15-28-16(2)26)10-11-21(20)25(4,5)30-23(24)14-18/h12-14,20-21H,6-11,15H2,1-5H3/t20?,21-/m1/s1. The van der Waals surface area contributed by atoms with E-state index < -0.39 is 0 Å². The molecule has 0 saturated heterocycles. The van der Waals surface area contributed by atoms with Crippen LogP contribution in [0.15, 0.2) is 23.8 Å². The Bertz CT molecular complexity index is 836. The van der Waals surface area contributed by atoms with Gasteiger partial charge in [-0.25, -0.2) is 0 Å². The fourth-order valence-corrected chi connectivity index (χ4v) is 4.74.